The molecule has 0 spiro atoms. The first kappa shape index (κ1) is 17.1. The molecule has 138 valence electrons. The number of hydrogen-bond acceptors (Lipinski definition) is 7. The Morgan fingerprint density at radius 2 is 2.00 bits per heavy atom. The average molecular weight is 360 g/mol. The standard InChI is InChI=1S/C19H20O7/c1-18(22)8-13(24-17(18)21)9-19(2)15(26-19)10-23-12-5-3-11-4-6-16(20)25-14(11)7-12/h3-7,13,15,22H,8-10H2,1-2H3/t13-,15-,18-,19-/m0/s1. The molecule has 4 atom stereocenters. The first-order valence-electron chi connectivity index (χ1n) is 8.53. The van der Waals surface area contributed by atoms with Gasteiger partial charge < -0.3 is 23.7 Å². The highest BCUT2D eigenvalue weighted by atomic mass is 16.6. The van der Waals surface area contributed by atoms with E-state index in [-0.39, 0.29) is 18.6 Å². The first-order valence-corrected chi connectivity index (χ1v) is 8.53. The van der Waals surface area contributed by atoms with Crippen molar-refractivity contribution in [2.24, 2.45) is 0 Å². The number of carbonyl (C=O) groups is 1. The van der Waals surface area contributed by atoms with E-state index in [1.807, 2.05) is 13.0 Å². The van der Waals surface area contributed by atoms with Crippen molar-refractivity contribution >= 4 is 16.9 Å². The van der Waals surface area contributed by atoms with Gasteiger partial charge in [0.15, 0.2) is 5.60 Å². The minimum Gasteiger partial charge on any atom is -0.491 e. The van der Waals surface area contributed by atoms with Crippen LogP contribution in [0.5, 0.6) is 5.75 Å². The zero-order valence-electron chi connectivity index (χ0n) is 14.6. The molecular weight excluding hydrogens is 340 g/mol. The van der Waals surface area contributed by atoms with Gasteiger partial charge in [-0.15, -0.1) is 0 Å². The van der Waals surface area contributed by atoms with Gasteiger partial charge >= 0.3 is 11.6 Å². The van der Waals surface area contributed by atoms with Crippen LogP contribution < -0.4 is 10.4 Å². The lowest BCUT2D eigenvalue weighted by Crippen LogP contribution is -2.29. The number of epoxide rings is 1. The van der Waals surface area contributed by atoms with Crippen LogP contribution in [0.1, 0.15) is 26.7 Å². The highest BCUT2D eigenvalue weighted by Crippen LogP contribution is 2.43. The van der Waals surface area contributed by atoms with Crippen molar-refractivity contribution in [2.75, 3.05) is 6.61 Å². The molecule has 2 aliphatic heterocycles. The minimum atomic E-state index is -1.42. The van der Waals surface area contributed by atoms with E-state index < -0.39 is 22.8 Å². The average Bonchev–Trinajstić information content (AvgIpc) is 3.12. The second-order valence-corrected chi connectivity index (χ2v) is 7.39. The Labute approximate surface area is 149 Å². The van der Waals surface area contributed by atoms with Crippen LogP contribution in [0.2, 0.25) is 0 Å². The van der Waals surface area contributed by atoms with Gasteiger partial charge in [0.05, 0.1) is 5.60 Å². The molecule has 0 bridgehead atoms. The van der Waals surface area contributed by atoms with Crippen LogP contribution in [0.3, 0.4) is 0 Å². The molecule has 0 unspecified atom stereocenters. The monoisotopic (exact) mass is 360 g/mol. The smallest absolute Gasteiger partial charge is 0.338 e. The van der Waals surface area contributed by atoms with E-state index in [9.17, 15) is 14.7 Å². The number of carbonyl (C=O) groups excluding carboxylic acids is 1. The van der Waals surface area contributed by atoms with Crippen molar-refractivity contribution in [3.8, 4) is 5.75 Å². The summed E-state index contributed by atoms with van der Waals surface area (Å²) < 4.78 is 21.8. The van der Waals surface area contributed by atoms with Crippen LogP contribution in [-0.2, 0) is 14.3 Å². The number of hydrogen-bond donors (Lipinski definition) is 1. The van der Waals surface area contributed by atoms with Gasteiger partial charge in [0, 0.05) is 30.4 Å². The maximum atomic E-state index is 11.6. The van der Waals surface area contributed by atoms with Gasteiger partial charge in [-0.3, -0.25) is 0 Å². The number of cyclic esters (lactones) is 1. The maximum absolute atomic E-state index is 11.6. The Bertz CT molecular complexity index is 915. The van der Waals surface area contributed by atoms with Crippen molar-refractivity contribution < 1.29 is 28.5 Å². The Balaban J connectivity index is 1.35. The molecule has 2 saturated heterocycles. The van der Waals surface area contributed by atoms with Crippen molar-refractivity contribution in [1.29, 1.82) is 0 Å². The second-order valence-electron chi connectivity index (χ2n) is 7.39. The van der Waals surface area contributed by atoms with Crippen LogP contribution in [0.25, 0.3) is 11.0 Å². The van der Waals surface area contributed by atoms with Crippen LogP contribution in [0.4, 0.5) is 0 Å². The number of fused-ring (bicyclic) bond motifs is 1. The lowest BCUT2D eigenvalue weighted by Gasteiger charge is -2.13. The van der Waals surface area contributed by atoms with Gasteiger partial charge in [0.25, 0.3) is 0 Å². The normalized spacial score (nSPS) is 33.3. The van der Waals surface area contributed by atoms with Crippen LogP contribution in [-0.4, -0.2) is 41.1 Å². The number of benzene rings is 1. The second kappa shape index (κ2) is 5.82. The molecule has 2 fully saturated rings. The molecule has 0 amide bonds. The Hall–Kier alpha value is -2.38. The van der Waals surface area contributed by atoms with Gasteiger partial charge in [-0.05, 0) is 32.0 Å². The van der Waals surface area contributed by atoms with Gasteiger partial charge in [-0.2, -0.15) is 0 Å². The van der Waals surface area contributed by atoms with Crippen LogP contribution in [0.15, 0.2) is 39.5 Å². The van der Waals surface area contributed by atoms with Crippen LogP contribution >= 0.6 is 0 Å². The Kier molecular flexibility index (Phi) is 3.82. The fourth-order valence-electron chi connectivity index (χ4n) is 3.40. The zero-order chi connectivity index (χ0) is 18.5. The maximum Gasteiger partial charge on any atom is 0.338 e. The van der Waals surface area contributed by atoms with Gasteiger partial charge in [0.2, 0.25) is 0 Å². The Morgan fingerprint density at radius 1 is 1.23 bits per heavy atom. The predicted octanol–water partition coefficient (Wildman–Crippen LogP) is 1.79. The lowest BCUT2D eigenvalue weighted by atomic mass is 9.94. The quantitative estimate of drug-likeness (QED) is 0.493. The molecule has 0 saturated carbocycles. The summed E-state index contributed by atoms with van der Waals surface area (Å²) >= 11 is 0. The van der Waals surface area contributed by atoms with Crippen molar-refractivity contribution in [1.82, 2.24) is 0 Å². The number of esters is 1. The molecule has 3 heterocycles. The fourth-order valence-corrected chi connectivity index (χ4v) is 3.40. The molecule has 1 aromatic carbocycles. The number of ether oxygens (including phenoxy) is 3. The molecule has 2 aromatic rings. The fraction of sp³-hybridized carbons (Fsp3) is 0.474. The zero-order valence-corrected chi connectivity index (χ0v) is 14.6. The van der Waals surface area contributed by atoms with E-state index in [2.05, 4.69) is 0 Å². The minimum absolute atomic E-state index is 0.134. The predicted molar refractivity (Wildman–Crippen MR) is 91.0 cm³/mol. The van der Waals surface area contributed by atoms with Crippen molar-refractivity contribution in [2.45, 2.75) is 50.1 Å². The molecule has 7 heteroatoms. The summed E-state index contributed by atoms with van der Waals surface area (Å²) in [7, 11) is 0. The topological polar surface area (TPSA) is 98.5 Å². The summed E-state index contributed by atoms with van der Waals surface area (Å²) in [5.41, 5.74) is -1.81. The van der Waals surface area contributed by atoms with Crippen LogP contribution in [0, 0.1) is 0 Å². The van der Waals surface area contributed by atoms with E-state index in [0.717, 1.165) is 5.39 Å². The summed E-state index contributed by atoms with van der Waals surface area (Å²) in [6.07, 6.45) is 0.282. The summed E-state index contributed by atoms with van der Waals surface area (Å²) in [6, 6.07) is 8.37. The highest BCUT2D eigenvalue weighted by molar-refractivity contribution is 5.81. The summed E-state index contributed by atoms with van der Waals surface area (Å²) in [6.45, 7) is 3.72. The molecule has 1 N–H and O–H groups in total. The third kappa shape index (κ3) is 3.20. The van der Waals surface area contributed by atoms with Gasteiger partial charge in [0.1, 0.15) is 30.1 Å². The van der Waals surface area contributed by atoms with E-state index in [0.29, 0.717) is 24.4 Å². The molecular formula is C19H20O7. The third-order valence-corrected chi connectivity index (χ3v) is 5.00. The van der Waals surface area contributed by atoms with Gasteiger partial charge in [-0.25, -0.2) is 9.59 Å². The Morgan fingerprint density at radius 3 is 2.73 bits per heavy atom. The molecule has 4 rings (SSSR count). The van der Waals surface area contributed by atoms with E-state index in [1.165, 1.54) is 13.0 Å². The molecule has 2 aliphatic rings. The van der Waals surface area contributed by atoms with Crippen molar-refractivity contribution in [3.63, 3.8) is 0 Å². The van der Waals surface area contributed by atoms with Gasteiger partial charge in [-0.1, -0.05) is 0 Å². The molecule has 7 nitrogen and oxygen atoms in total. The SMILES string of the molecule is C[C@]1(O)C[C@@H](C[C@]2(C)O[C@H]2COc2ccc3ccc(=O)oc3c2)OC1=O. The van der Waals surface area contributed by atoms with E-state index in [1.54, 1.807) is 18.2 Å². The molecule has 0 aliphatic carbocycles. The van der Waals surface area contributed by atoms with Crippen molar-refractivity contribution in [3.05, 3.63) is 40.8 Å². The highest BCUT2D eigenvalue weighted by Gasteiger charge is 2.56. The van der Waals surface area contributed by atoms with E-state index in [4.69, 9.17) is 18.6 Å². The summed E-state index contributed by atoms with van der Waals surface area (Å²) in [4.78, 5) is 22.9. The van der Waals surface area contributed by atoms with E-state index >= 15 is 0 Å². The summed E-state index contributed by atoms with van der Waals surface area (Å²) in [5, 5.41) is 10.7. The third-order valence-electron chi connectivity index (χ3n) is 5.00. The summed E-state index contributed by atoms with van der Waals surface area (Å²) in [5.74, 6) is -0.00265. The first-order chi connectivity index (χ1) is 12.2. The largest absolute Gasteiger partial charge is 0.491 e. The molecule has 0 radical (unpaired) electrons. The molecule has 1 aromatic heterocycles. The molecule has 26 heavy (non-hydrogen) atoms. The number of rotatable bonds is 5. The lowest BCUT2D eigenvalue weighted by molar-refractivity contribution is -0.153. The number of aliphatic hydroxyl groups is 1.